The molecule has 5 nitrogen and oxygen atoms in total. The molecule has 1 rings (SSSR count). The second kappa shape index (κ2) is 5.66. The number of carboxylic acid groups (broad SMARTS) is 1. The fourth-order valence-electron chi connectivity index (χ4n) is 1.33. The van der Waals surface area contributed by atoms with Crippen LogP contribution in [0.2, 0.25) is 0 Å². The third kappa shape index (κ3) is 3.61. The van der Waals surface area contributed by atoms with Gasteiger partial charge in [-0.1, -0.05) is 5.92 Å². The van der Waals surface area contributed by atoms with Crippen LogP contribution in [0.4, 0.5) is 0 Å². The van der Waals surface area contributed by atoms with E-state index < -0.39 is 18.4 Å². The Balaban J connectivity index is 2.92. The zero-order chi connectivity index (χ0) is 12.8. The Morgan fingerprint density at radius 3 is 2.82 bits per heavy atom. The quantitative estimate of drug-likeness (QED) is 0.769. The first-order chi connectivity index (χ1) is 8.04. The highest BCUT2D eigenvalue weighted by atomic mass is 16.4. The van der Waals surface area contributed by atoms with Crippen LogP contribution in [-0.4, -0.2) is 40.0 Å². The SMILES string of the molecule is C#CCN(CC(=O)O)C(=O)c1ccnc(C)c1. The van der Waals surface area contributed by atoms with Crippen molar-refractivity contribution in [3.8, 4) is 12.3 Å². The van der Waals surface area contributed by atoms with Crippen molar-refractivity contribution in [2.75, 3.05) is 13.1 Å². The molecule has 5 heteroatoms. The predicted molar refractivity (Wildman–Crippen MR) is 61.3 cm³/mol. The van der Waals surface area contributed by atoms with Gasteiger partial charge < -0.3 is 10.0 Å². The number of nitrogens with zero attached hydrogens (tertiary/aromatic N) is 2. The molecule has 1 aromatic heterocycles. The Morgan fingerprint density at radius 2 is 2.29 bits per heavy atom. The van der Waals surface area contributed by atoms with Crippen molar-refractivity contribution < 1.29 is 14.7 Å². The highest BCUT2D eigenvalue weighted by Crippen LogP contribution is 2.05. The molecule has 0 fully saturated rings. The van der Waals surface area contributed by atoms with E-state index in [1.165, 1.54) is 12.3 Å². The number of hydrogen-bond acceptors (Lipinski definition) is 3. The van der Waals surface area contributed by atoms with Crippen LogP contribution < -0.4 is 0 Å². The molecule has 0 saturated heterocycles. The summed E-state index contributed by atoms with van der Waals surface area (Å²) in [5.41, 5.74) is 1.07. The van der Waals surface area contributed by atoms with E-state index in [2.05, 4.69) is 10.9 Å². The lowest BCUT2D eigenvalue weighted by atomic mass is 10.2. The molecule has 0 bridgehead atoms. The van der Waals surface area contributed by atoms with Crippen LogP contribution in [0.1, 0.15) is 16.1 Å². The minimum absolute atomic E-state index is 0.0352. The summed E-state index contributed by atoms with van der Waals surface area (Å²) in [6.07, 6.45) is 6.60. The molecule has 1 N–H and O–H groups in total. The topological polar surface area (TPSA) is 70.5 Å². The number of hydrogen-bond donors (Lipinski definition) is 1. The van der Waals surface area contributed by atoms with Crippen molar-refractivity contribution in [3.05, 3.63) is 29.6 Å². The molecule has 1 aromatic rings. The number of amides is 1. The third-order valence-electron chi connectivity index (χ3n) is 2.04. The summed E-state index contributed by atoms with van der Waals surface area (Å²) >= 11 is 0. The predicted octanol–water partition coefficient (Wildman–Crippen LogP) is 0.550. The second-order valence-corrected chi connectivity index (χ2v) is 3.44. The molecule has 1 heterocycles. The summed E-state index contributed by atoms with van der Waals surface area (Å²) in [5, 5.41) is 8.69. The van der Waals surface area contributed by atoms with Crippen LogP contribution in [0.5, 0.6) is 0 Å². The highest BCUT2D eigenvalue weighted by molar-refractivity contribution is 5.96. The summed E-state index contributed by atoms with van der Waals surface area (Å²) in [5.74, 6) is 0.760. The number of carbonyl (C=O) groups is 2. The van der Waals surface area contributed by atoms with E-state index in [9.17, 15) is 9.59 Å². The zero-order valence-electron chi connectivity index (χ0n) is 9.38. The summed E-state index contributed by atoms with van der Waals surface area (Å²) in [6, 6.07) is 3.12. The number of carboxylic acids is 1. The molecule has 0 radical (unpaired) electrons. The van der Waals surface area contributed by atoms with Crippen LogP contribution in [0.3, 0.4) is 0 Å². The fourth-order valence-corrected chi connectivity index (χ4v) is 1.33. The van der Waals surface area contributed by atoms with E-state index in [1.54, 1.807) is 13.0 Å². The molecule has 88 valence electrons. The number of aliphatic carboxylic acids is 1. The van der Waals surface area contributed by atoms with Gasteiger partial charge in [-0.05, 0) is 19.1 Å². The molecule has 0 aliphatic heterocycles. The van der Waals surface area contributed by atoms with E-state index in [4.69, 9.17) is 11.5 Å². The fraction of sp³-hybridized carbons (Fsp3) is 0.250. The average molecular weight is 232 g/mol. The van der Waals surface area contributed by atoms with Crippen LogP contribution in [0.25, 0.3) is 0 Å². The van der Waals surface area contributed by atoms with Gasteiger partial charge in [0.15, 0.2) is 0 Å². The Labute approximate surface area is 99.1 Å². The van der Waals surface area contributed by atoms with Crippen molar-refractivity contribution in [2.45, 2.75) is 6.92 Å². The monoisotopic (exact) mass is 232 g/mol. The molecule has 0 aromatic carbocycles. The molecule has 17 heavy (non-hydrogen) atoms. The molecule has 0 atom stereocenters. The number of pyridine rings is 1. The van der Waals surface area contributed by atoms with Gasteiger partial charge in [-0.3, -0.25) is 14.6 Å². The van der Waals surface area contributed by atoms with Gasteiger partial charge in [0.2, 0.25) is 0 Å². The maximum absolute atomic E-state index is 12.0. The van der Waals surface area contributed by atoms with Gasteiger partial charge >= 0.3 is 5.97 Å². The Bertz CT molecular complexity index is 477. The molecule has 0 aliphatic carbocycles. The standard InChI is InChI=1S/C12H12N2O3/c1-3-6-14(8-11(15)16)12(17)10-4-5-13-9(2)7-10/h1,4-5,7H,6,8H2,2H3,(H,15,16). The number of carbonyl (C=O) groups excluding carboxylic acids is 1. The minimum atomic E-state index is -1.10. The number of aryl methyl sites for hydroxylation is 1. The summed E-state index contributed by atoms with van der Waals surface area (Å²) in [4.78, 5) is 27.6. The summed E-state index contributed by atoms with van der Waals surface area (Å²) < 4.78 is 0. The Morgan fingerprint density at radius 1 is 1.59 bits per heavy atom. The average Bonchev–Trinajstić information content (AvgIpc) is 2.27. The first-order valence-electron chi connectivity index (χ1n) is 4.91. The van der Waals surface area contributed by atoms with Crippen molar-refractivity contribution in [1.29, 1.82) is 0 Å². The van der Waals surface area contributed by atoms with Crippen molar-refractivity contribution in [3.63, 3.8) is 0 Å². The number of rotatable bonds is 4. The second-order valence-electron chi connectivity index (χ2n) is 3.44. The smallest absolute Gasteiger partial charge is 0.323 e. The largest absolute Gasteiger partial charge is 0.480 e. The van der Waals surface area contributed by atoms with E-state index in [1.807, 2.05) is 0 Å². The van der Waals surface area contributed by atoms with Gasteiger partial charge in [-0.2, -0.15) is 0 Å². The lowest BCUT2D eigenvalue weighted by Gasteiger charge is -2.17. The molecule has 1 amide bonds. The maximum Gasteiger partial charge on any atom is 0.323 e. The maximum atomic E-state index is 12.0. The summed E-state index contributed by atoms with van der Waals surface area (Å²) in [7, 11) is 0. The zero-order valence-corrected chi connectivity index (χ0v) is 9.38. The minimum Gasteiger partial charge on any atom is -0.480 e. The van der Waals surface area contributed by atoms with Crippen LogP contribution >= 0.6 is 0 Å². The van der Waals surface area contributed by atoms with E-state index in [0.29, 0.717) is 11.3 Å². The van der Waals surface area contributed by atoms with E-state index >= 15 is 0 Å². The molecule has 0 saturated carbocycles. The van der Waals surface area contributed by atoms with Crippen LogP contribution in [0, 0.1) is 19.3 Å². The lowest BCUT2D eigenvalue weighted by Crippen LogP contribution is -2.36. The first-order valence-corrected chi connectivity index (χ1v) is 4.91. The first kappa shape index (κ1) is 12.7. The molecular weight excluding hydrogens is 220 g/mol. The van der Waals surface area contributed by atoms with E-state index in [0.717, 1.165) is 4.90 Å². The van der Waals surface area contributed by atoms with Gasteiger partial charge in [0.05, 0.1) is 6.54 Å². The Hall–Kier alpha value is -2.35. The Kier molecular flexibility index (Phi) is 4.23. The van der Waals surface area contributed by atoms with Crippen molar-refractivity contribution in [2.24, 2.45) is 0 Å². The molecule has 0 unspecified atom stereocenters. The molecule has 0 spiro atoms. The van der Waals surface area contributed by atoms with Gasteiger partial charge in [0, 0.05) is 17.5 Å². The lowest BCUT2D eigenvalue weighted by molar-refractivity contribution is -0.137. The summed E-state index contributed by atoms with van der Waals surface area (Å²) in [6.45, 7) is 1.30. The van der Waals surface area contributed by atoms with Crippen molar-refractivity contribution >= 4 is 11.9 Å². The van der Waals surface area contributed by atoms with Crippen molar-refractivity contribution in [1.82, 2.24) is 9.88 Å². The normalized spacial score (nSPS) is 9.41. The molecular formula is C12H12N2O3. The number of terminal acetylenes is 1. The third-order valence-corrected chi connectivity index (χ3v) is 2.04. The highest BCUT2D eigenvalue weighted by Gasteiger charge is 2.17. The van der Waals surface area contributed by atoms with Crippen LogP contribution in [0.15, 0.2) is 18.3 Å². The molecule has 0 aliphatic rings. The van der Waals surface area contributed by atoms with Gasteiger partial charge in [-0.25, -0.2) is 0 Å². The van der Waals surface area contributed by atoms with E-state index in [-0.39, 0.29) is 6.54 Å². The van der Waals surface area contributed by atoms with Gasteiger partial charge in [0.25, 0.3) is 5.91 Å². The van der Waals surface area contributed by atoms with Gasteiger partial charge in [0.1, 0.15) is 6.54 Å². The van der Waals surface area contributed by atoms with Crippen LogP contribution in [-0.2, 0) is 4.79 Å². The number of aromatic nitrogens is 1. The van der Waals surface area contributed by atoms with Gasteiger partial charge in [-0.15, -0.1) is 6.42 Å².